The van der Waals surface area contributed by atoms with E-state index in [4.69, 9.17) is 14.6 Å². The van der Waals surface area contributed by atoms with E-state index in [0.717, 1.165) is 0 Å². The number of amides is 1. The summed E-state index contributed by atoms with van der Waals surface area (Å²) in [5.74, 6) is -0.312. The highest BCUT2D eigenvalue weighted by Gasteiger charge is 2.27. The number of aliphatic carboxylic acids is 1. The fourth-order valence-corrected chi connectivity index (χ4v) is 1.64. The first kappa shape index (κ1) is 17.8. The first-order chi connectivity index (χ1) is 10.2. The van der Waals surface area contributed by atoms with Crippen molar-refractivity contribution in [3.63, 3.8) is 0 Å². The summed E-state index contributed by atoms with van der Waals surface area (Å²) < 4.78 is 10.8. The molecule has 0 aliphatic carbocycles. The number of hydrogen-bond donors (Lipinski definition) is 2. The molecule has 0 aliphatic rings. The number of benzene rings is 1. The Hall–Kier alpha value is -2.24. The Morgan fingerprint density at radius 2 is 1.91 bits per heavy atom. The SMILES string of the molecule is COc1cc(C(=O)NCC(C)(C)C(=O)O)ccc1OC(C)C. The highest BCUT2D eigenvalue weighted by molar-refractivity contribution is 5.95. The first-order valence-electron chi connectivity index (χ1n) is 7.03. The van der Waals surface area contributed by atoms with Gasteiger partial charge in [0.05, 0.1) is 18.6 Å². The molecule has 122 valence electrons. The molecule has 1 rings (SSSR count). The molecule has 0 aromatic heterocycles. The van der Waals surface area contributed by atoms with Crippen molar-refractivity contribution in [1.29, 1.82) is 0 Å². The Labute approximate surface area is 130 Å². The second kappa shape index (κ2) is 7.15. The Morgan fingerprint density at radius 1 is 1.27 bits per heavy atom. The number of ether oxygens (including phenoxy) is 2. The normalized spacial score (nSPS) is 11.2. The van der Waals surface area contributed by atoms with Crippen molar-refractivity contribution in [3.8, 4) is 11.5 Å². The molecule has 0 aliphatic heterocycles. The average molecular weight is 309 g/mol. The van der Waals surface area contributed by atoms with Gasteiger partial charge in [0.15, 0.2) is 11.5 Å². The molecule has 2 N–H and O–H groups in total. The molecule has 0 saturated carbocycles. The lowest BCUT2D eigenvalue weighted by atomic mass is 9.94. The third kappa shape index (κ3) is 4.65. The van der Waals surface area contributed by atoms with E-state index in [1.165, 1.54) is 7.11 Å². The highest BCUT2D eigenvalue weighted by Crippen LogP contribution is 2.29. The van der Waals surface area contributed by atoms with Crippen molar-refractivity contribution in [2.24, 2.45) is 5.41 Å². The summed E-state index contributed by atoms with van der Waals surface area (Å²) in [5.41, 5.74) is -0.644. The second-order valence-electron chi connectivity index (χ2n) is 5.90. The van der Waals surface area contributed by atoms with Gasteiger partial charge in [-0.05, 0) is 45.9 Å². The summed E-state index contributed by atoms with van der Waals surface area (Å²) in [5, 5.41) is 11.7. The largest absolute Gasteiger partial charge is 0.493 e. The van der Waals surface area contributed by atoms with Gasteiger partial charge in [-0.3, -0.25) is 9.59 Å². The number of rotatable bonds is 7. The maximum Gasteiger partial charge on any atom is 0.310 e. The molecule has 1 amide bonds. The van der Waals surface area contributed by atoms with Crippen LogP contribution in [0.25, 0.3) is 0 Å². The van der Waals surface area contributed by atoms with E-state index in [1.54, 1.807) is 32.0 Å². The zero-order valence-electron chi connectivity index (χ0n) is 13.6. The van der Waals surface area contributed by atoms with Crippen LogP contribution in [-0.4, -0.2) is 36.7 Å². The first-order valence-corrected chi connectivity index (χ1v) is 7.03. The predicted molar refractivity (Wildman–Crippen MR) is 82.5 cm³/mol. The third-order valence-corrected chi connectivity index (χ3v) is 3.06. The monoisotopic (exact) mass is 309 g/mol. The van der Waals surface area contributed by atoms with E-state index in [-0.39, 0.29) is 18.6 Å². The van der Waals surface area contributed by atoms with Gasteiger partial charge in [0, 0.05) is 12.1 Å². The molecule has 0 radical (unpaired) electrons. The van der Waals surface area contributed by atoms with Crippen LogP contribution in [0, 0.1) is 5.41 Å². The van der Waals surface area contributed by atoms with Crippen LogP contribution in [0.2, 0.25) is 0 Å². The van der Waals surface area contributed by atoms with Crippen molar-refractivity contribution >= 4 is 11.9 Å². The van der Waals surface area contributed by atoms with Crippen LogP contribution in [0.1, 0.15) is 38.1 Å². The van der Waals surface area contributed by atoms with Crippen LogP contribution in [0.3, 0.4) is 0 Å². The van der Waals surface area contributed by atoms with Crippen molar-refractivity contribution in [1.82, 2.24) is 5.32 Å². The van der Waals surface area contributed by atoms with Crippen LogP contribution in [0.15, 0.2) is 18.2 Å². The average Bonchev–Trinajstić information content (AvgIpc) is 2.44. The van der Waals surface area contributed by atoms with E-state index in [2.05, 4.69) is 5.32 Å². The topological polar surface area (TPSA) is 84.9 Å². The van der Waals surface area contributed by atoms with Crippen molar-refractivity contribution < 1.29 is 24.2 Å². The van der Waals surface area contributed by atoms with Gasteiger partial charge in [0.2, 0.25) is 0 Å². The summed E-state index contributed by atoms with van der Waals surface area (Å²) in [4.78, 5) is 23.1. The van der Waals surface area contributed by atoms with E-state index >= 15 is 0 Å². The lowest BCUT2D eigenvalue weighted by Crippen LogP contribution is -2.38. The molecular weight excluding hydrogens is 286 g/mol. The van der Waals surface area contributed by atoms with Gasteiger partial charge in [-0.1, -0.05) is 0 Å². The second-order valence-corrected chi connectivity index (χ2v) is 5.90. The Morgan fingerprint density at radius 3 is 2.41 bits per heavy atom. The fraction of sp³-hybridized carbons (Fsp3) is 0.500. The summed E-state index contributed by atoms with van der Waals surface area (Å²) in [7, 11) is 1.50. The molecule has 0 fully saturated rings. The van der Waals surface area contributed by atoms with Crippen LogP contribution in [0.5, 0.6) is 11.5 Å². The van der Waals surface area contributed by atoms with Gasteiger partial charge < -0.3 is 19.9 Å². The maximum atomic E-state index is 12.1. The van der Waals surface area contributed by atoms with Gasteiger partial charge in [-0.15, -0.1) is 0 Å². The van der Waals surface area contributed by atoms with Crippen molar-refractivity contribution in [2.75, 3.05) is 13.7 Å². The molecule has 0 atom stereocenters. The molecule has 6 nitrogen and oxygen atoms in total. The van der Waals surface area contributed by atoms with Crippen LogP contribution < -0.4 is 14.8 Å². The summed E-state index contributed by atoms with van der Waals surface area (Å²) >= 11 is 0. The number of hydrogen-bond acceptors (Lipinski definition) is 4. The number of carbonyl (C=O) groups excluding carboxylic acids is 1. The Bertz CT molecular complexity index is 551. The maximum absolute atomic E-state index is 12.1. The van der Waals surface area contributed by atoms with Crippen molar-refractivity contribution in [2.45, 2.75) is 33.8 Å². The molecule has 0 heterocycles. The van der Waals surface area contributed by atoms with Crippen molar-refractivity contribution in [3.05, 3.63) is 23.8 Å². The predicted octanol–water partition coefficient (Wildman–Crippen LogP) is 2.32. The van der Waals surface area contributed by atoms with Gasteiger partial charge in [0.1, 0.15) is 0 Å². The molecule has 0 bridgehead atoms. The number of carboxylic acids is 1. The van der Waals surface area contributed by atoms with E-state index < -0.39 is 11.4 Å². The zero-order chi connectivity index (χ0) is 16.9. The molecule has 0 unspecified atom stereocenters. The fourth-order valence-electron chi connectivity index (χ4n) is 1.64. The number of methoxy groups -OCH3 is 1. The molecule has 22 heavy (non-hydrogen) atoms. The van der Waals surface area contributed by atoms with Gasteiger partial charge in [-0.2, -0.15) is 0 Å². The minimum atomic E-state index is -1.03. The lowest BCUT2D eigenvalue weighted by molar-refractivity contribution is -0.146. The van der Waals surface area contributed by atoms with Crippen LogP contribution in [-0.2, 0) is 4.79 Å². The van der Waals surface area contributed by atoms with E-state index in [9.17, 15) is 9.59 Å². The smallest absolute Gasteiger partial charge is 0.310 e. The molecule has 0 spiro atoms. The third-order valence-electron chi connectivity index (χ3n) is 3.06. The number of carboxylic acid groups (broad SMARTS) is 1. The molecule has 1 aromatic carbocycles. The van der Waals surface area contributed by atoms with Gasteiger partial charge >= 0.3 is 5.97 Å². The minimum absolute atomic E-state index is 0.00931. The standard InChI is InChI=1S/C16H23NO5/c1-10(2)22-12-7-6-11(8-13(12)21-5)14(18)17-9-16(3,4)15(19)20/h6-8,10H,9H2,1-5H3,(H,17,18)(H,19,20). The van der Waals surface area contributed by atoms with Gasteiger partial charge in [-0.25, -0.2) is 0 Å². The zero-order valence-corrected chi connectivity index (χ0v) is 13.6. The Balaban J connectivity index is 2.84. The lowest BCUT2D eigenvalue weighted by Gasteiger charge is -2.20. The number of carbonyl (C=O) groups is 2. The molecule has 6 heteroatoms. The van der Waals surface area contributed by atoms with E-state index in [0.29, 0.717) is 17.1 Å². The van der Waals surface area contributed by atoms with Gasteiger partial charge in [0.25, 0.3) is 5.91 Å². The summed E-state index contributed by atoms with van der Waals surface area (Å²) in [6.07, 6.45) is -0.00931. The van der Waals surface area contributed by atoms with Crippen LogP contribution >= 0.6 is 0 Å². The van der Waals surface area contributed by atoms with E-state index in [1.807, 2.05) is 13.8 Å². The Kier molecular flexibility index (Phi) is 5.79. The number of nitrogens with one attached hydrogen (secondary N) is 1. The summed E-state index contributed by atoms with van der Waals surface area (Å²) in [6, 6.07) is 4.85. The molecule has 1 aromatic rings. The quantitative estimate of drug-likeness (QED) is 0.807. The minimum Gasteiger partial charge on any atom is -0.493 e. The highest BCUT2D eigenvalue weighted by atomic mass is 16.5. The molecular formula is C16H23NO5. The van der Waals surface area contributed by atoms with Crippen LogP contribution in [0.4, 0.5) is 0 Å². The molecule has 0 saturated heterocycles. The summed E-state index contributed by atoms with van der Waals surface area (Å²) in [6.45, 7) is 6.93.